The maximum atomic E-state index is 9.94. The normalized spacial score (nSPS) is 9.10. The molecule has 50 valence electrons. The molecule has 10 heavy (non-hydrogen) atoms. The Bertz CT molecular complexity index is 217. The van der Waals surface area contributed by atoms with Gasteiger partial charge in [-0.25, -0.2) is 9.79 Å². The van der Waals surface area contributed by atoms with Crippen molar-refractivity contribution in [1.82, 2.24) is 0 Å². The van der Waals surface area contributed by atoms with Gasteiger partial charge in [0.1, 0.15) is 0 Å². The summed E-state index contributed by atoms with van der Waals surface area (Å²) in [5.74, 6) is -0.993. The summed E-state index contributed by atoms with van der Waals surface area (Å²) in [6, 6.07) is 2.27. The molecule has 0 saturated heterocycles. The number of hydrogen-bond acceptors (Lipinski definition) is 3. The van der Waals surface area contributed by atoms with E-state index in [1.54, 1.807) is 12.1 Å². The van der Waals surface area contributed by atoms with Gasteiger partial charge >= 0.3 is 6.03 Å². The SMILES string of the molecule is N#CC(C#N)/C=N/C(N)=O. The van der Waals surface area contributed by atoms with Crippen LogP contribution in [-0.2, 0) is 0 Å². The molecule has 5 nitrogen and oxygen atoms in total. The molecule has 0 aromatic heterocycles. The second kappa shape index (κ2) is 4.04. The molecule has 0 heterocycles. The molecule has 0 atom stereocenters. The highest BCUT2D eigenvalue weighted by Crippen LogP contribution is 1.84. The van der Waals surface area contributed by atoms with Crippen LogP contribution in [0.3, 0.4) is 0 Å². The summed E-state index contributed by atoms with van der Waals surface area (Å²) in [5, 5.41) is 16.2. The van der Waals surface area contributed by atoms with Crippen molar-refractivity contribution in [3.63, 3.8) is 0 Å². The van der Waals surface area contributed by atoms with Crippen LogP contribution in [0.4, 0.5) is 4.79 Å². The molecule has 5 heteroatoms. The first kappa shape index (κ1) is 8.12. The first-order valence-electron chi connectivity index (χ1n) is 2.33. The molecular weight excluding hydrogens is 132 g/mol. The standard InChI is InChI=1S/C5H4N4O/c6-1-4(2-7)3-9-5(8)10/h3-4H,(H2,8,10)/b9-3+. The number of aliphatic imine (C=N–C) groups is 1. The predicted octanol–water partition coefficient (Wildman–Crippen LogP) is -0.201. The Hall–Kier alpha value is -1.88. The summed E-state index contributed by atoms with van der Waals surface area (Å²) in [4.78, 5) is 13.0. The quantitative estimate of drug-likeness (QED) is 0.504. The predicted molar refractivity (Wildman–Crippen MR) is 32.8 cm³/mol. The van der Waals surface area contributed by atoms with Crippen LogP contribution in [-0.4, -0.2) is 12.2 Å². The fraction of sp³-hybridized carbons (Fsp3) is 0.200. The van der Waals surface area contributed by atoms with E-state index >= 15 is 0 Å². The van der Waals surface area contributed by atoms with Crippen LogP contribution in [0.15, 0.2) is 4.99 Å². The minimum absolute atomic E-state index is 0.905. The van der Waals surface area contributed by atoms with E-state index in [9.17, 15) is 4.79 Å². The summed E-state index contributed by atoms with van der Waals surface area (Å²) in [6.07, 6.45) is 0.905. The van der Waals surface area contributed by atoms with Gasteiger partial charge in [-0.1, -0.05) is 0 Å². The highest BCUT2D eigenvalue weighted by atomic mass is 16.2. The van der Waals surface area contributed by atoms with E-state index in [1.807, 2.05) is 0 Å². The Kier molecular flexibility index (Phi) is 3.28. The molecule has 0 rings (SSSR count). The third-order valence-electron chi connectivity index (χ3n) is 0.629. The molecule has 0 unspecified atom stereocenters. The van der Waals surface area contributed by atoms with Crippen LogP contribution in [0.25, 0.3) is 0 Å². The molecular formula is C5H4N4O. The zero-order chi connectivity index (χ0) is 7.98. The van der Waals surface area contributed by atoms with Gasteiger partial charge in [0.05, 0.1) is 12.1 Å². The van der Waals surface area contributed by atoms with Gasteiger partial charge in [0.15, 0.2) is 5.92 Å². The lowest BCUT2D eigenvalue weighted by Crippen LogP contribution is -2.06. The zero-order valence-corrected chi connectivity index (χ0v) is 4.98. The number of primary amides is 1. The molecule has 0 aliphatic rings. The van der Waals surface area contributed by atoms with Crippen LogP contribution in [0.2, 0.25) is 0 Å². The van der Waals surface area contributed by atoms with E-state index < -0.39 is 11.9 Å². The Morgan fingerprint density at radius 1 is 1.60 bits per heavy atom. The first-order valence-corrected chi connectivity index (χ1v) is 2.33. The van der Waals surface area contributed by atoms with Gasteiger partial charge in [0, 0.05) is 6.21 Å². The van der Waals surface area contributed by atoms with E-state index in [4.69, 9.17) is 10.5 Å². The lowest BCUT2D eigenvalue weighted by atomic mass is 10.2. The molecule has 0 aliphatic carbocycles. The van der Waals surface area contributed by atoms with Crippen LogP contribution in [0, 0.1) is 28.6 Å². The summed E-state index contributed by atoms with van der Waals surface area (Å²) in [6.45, 7) is 0. The van der Waals surface area contributed by atoms with E-state index in [0.717, 1.165) is 6.21 Å². The monoisotopic (exact) mass is 136 g/mol. The Balaban J connectivity index is 4.04. The van der Waals surface area contributed by atoms with Gasteiger partial charge in [0.2, 0.25) is 0 Å². The van der Waals surface area contributed by atoms with E-state index in [-0.39, 0.29) is 0 Å². The molecule has 0 fully saturated rings. The minimum atomic E-state index is -0.993. The smallest absolute Gasteiger partial charge is 0.338 e. The lowest BCUT2D eigenvalue weighted by Gasteiger charge is -1.82. The minimum Gasteiger partial charge on any atom is -0.350 e. The van der Waals surface area contributed by atoms with E-state index in [0.29, 0.717) is 0 Å². The van der Waals surface area contributed by atoms with Crippen LogP contribution < -0.4 is 5.73 Å². The van der Waals surface area contributed by atoms with Crippen molar-refractivity contribution in [2.24, 2.45) is 16.6 Å². The highest BCUT2D eigenvalue weighted by molar-refractivity contribution is 5.84. The summed E-state index contributed by atoms with van der Waals surface area (Å²) < 4.78 is 0. The number of carbonyl (C=O) groups is 1. The lowest BCUT2D eigenvalue weighted by molar-refractivity contribution is 0.257. The van der Waals surface area contributed by atoms with Crippen molar-refractivity contribution in [3.8, 4) is 12.1 Å². The largest absolute Gasteiger partial charge is 0.350 e. The second-order valence-electron chi connectivity index (χ2n) is 1.35. The molecule has 2 amide bonds. The summed E-state index contributed by atoms with van der Waals surface area (Å²) in [5.41, 5.74) is 4.59. The van der Waals surface area contributed by atoms with E-state index in [2.05, 4.69) is 10.7 Å². The van der Waals surface area contributed by atoms with Crippen molar-refractivity contribution >= 4 is 12.2 Å². The van der Waals surface area contributed by atoms with Crippen LogP contribution in [0.1, 0.15) is 0 Å². The zero-order valence-electron chi connectivity index (χ0n) is 4.98. The van der Waals surface area contributed by atoms with Gasteiger partial charge in [-0.2, -0.15) is 10.5 Å². The molecule has 0 bridgehead atoms. The molecule has 0 aromatic rings. The van der Waals surface area contributed by atoms with Gasteiger partial charge in [-0.05, 0) is 0 Å². The molecule has 0 aromatic carbocycles. The Morgan fingerprint density at radius 3 is 2.40 bits per heavy atom. The molecule has 0 saturated carbocycles. The van der Waals surface area contributed by atoms with Gasteiger partial charge < -0.3 is 5.73 Å². The molecule has 2 N–H and O–H groups in total. The van der Waals surface area contributed by atoms with Gasteiger partial charge in [-0.3, -0.25) is 0 Å². The topological polar surface area (TPSA) is 103 Å². The van der Waals surface area contributed by atoms with Crippen molar-refractivity contribution in [3.05, 3.63) is 0 Å². The molecule has 0 spiro atoms. The van der Waals surface area contributed by atoms with E-state index in [1.165, 1.54) is 0 Å². The van der Waals surface area contributed by atoms with Crippen molar-refractivity contribution in [1.29, 1.82) is 10.5 Å². The average Bonchev–Trinajstić information content (AvgIpc) is 1.90. The maximum absolute atomic E-state index is 9.94. The summed E-state index contributed by atoms with van der Waals surface area (Å²) in [7, 11) is 0. The number of carbonyl (C=O) groups excluding carboxylic acids is 1. The fourth-order valence-corrected chi connectivity index (χ4v) is 0.244. The maximum Gasteiger partial charge on any atom is 0.338 e. The Morgan fingerprint density at radius 2 is 2.10 bits per heavy atom. The number of nitrogens with zero attached hydrogens (tertiary/aromatic N) is 3. The third-order valence-corrected chi connectivity index (χ3v) is 0.629. The number of hydrogen-bond donors (Lipinski definition) is 1. The second-order valence-corrected chi connectivity index (χ2v) is 1.35. The Labute approximate surface area is 57.4 Å². The third kappa shape index (κ3) is 3.16. The van der Waals surface area contributed by atoms with Gasteiger partial charge in [0.25, 0.3) is 0 Å². The van der Waals surface area contributed by atoms with Crippen LogP contribution >= 0.6 is 0 Å². The van der Waals surface area contributed by atoms with Crippen molar-refractivity contribution < 1.29 is 4.79 Å². The molecule has 0 radical (unpaired) electrons. The van der Waals surface area contributed by atoms with Crippen molar-refractivity contribution in [2.45, 2.75) is 0 Å². The number of rotatable bonds is 1. The van der Waals surface area contributed by atoms with Crippen LogP contribution in [0.5, 0.6) is 0 Å². The number of urea groups is 1. The highest BCUT2D eigenvalue weighted by Gasteiger charge is 1.98. The number of nitrogens with two attached hydrogens (primary N) is 1. The average molecular weight is 136 g/mol. The molecule has 0 aliphatic heterocycles. The number of nitriles is 2. The summed E-state index contributed by atoms with van der Waals surface area (Å²) >= 11 is 0. The fourth-order valence-electron chi connectivity index (χ4n) is 0.244. The van der Waals surface area contributed by atoms with Crippen molar-refractivity contribution in [2.75, 3.05) is 0 Å². The first-order chi connectivity index (χ1) is 4.70. The van der Waals surface area contributed by atoms with Gasteiger partial charge in [-0.15, -0.1) is 0 Å². The number of amides is 2.